The fraction of sp³-hybridized carbons (Fsp3) is 0.227. The quantitative estimate of drug-likeness (QED) is 0.673. The van der Waals surface area contributed by atoms with Crippen molar-refractivity contribution < 1.29 is 18.4 Å². The van der Waals surface area contributed by atoms with E-state index < -0.39 is 29.6 Å². The van der Waals surface area contributed by atoms with Crippen LogP contribution >= 0.6 is 0 Å². The summed E-state index contributed by atoms with van der Waals surface area (Å²) in [5, 5.41) is 2.80. The molecule has 0 bridgehead atoms. The molecule has 156 valence electrons. The van der Waals surface area contributed by atoms with E-state index in [1.54, 1.807) is 29.2 Å². The van der Waals surface area contributed by atoms with Crippen LogP contribution in [-0.2, 0) is 11.3 Å². The second kappa shape index (κ2) is 8.86. The molecule has 0 saturated carbocycles. The Balaban J connectivity index is 1.99. The summed E-state index contributed by atoms with van der Waals surface area (Å²) in [6, 6.07) is 10.7. The number of fused-ring (bicyclic) bond motifs is 1. The summed E-state index contributed by atoms with van der Waals surface area (Å²) in [4.78, 5) is 39.6. The Morgan fingerprint density at radius 1 is 1.03 bits per heavy atom. The minimum atomic E-state index is -0.790. The van der Waals surface area contributed by atoms with Crippen LogP contribution in [0.25, 0.3) is 10.9 Å². The van der Waals surface area contributed by atoms with Crippen molar-refractivity contribution in [2.45, 2.75) is 20.4 Å². The Morgan fingerprint density at radius 3 is 2.43 bits per heavy atom. The first-order chi connectivity index (χ1) is 14.3. The number of benzene rings is 2. The summed E-state index contributed by atoms with van der Waals surface area (Å²) in [5.74, 6) is -2.46. The number of anilines is 1. The van der Waals surface area contributed by atoms with Gasteiger partial charge >= 0.3 is 0 Å². The molecule has 2 aromatic carbocycles. The van der Waals surface area contributed by atoms with Gasteiger partial charge in [-0.3, -0.25) is 19.0 Å². The van der Waals surface area contributed by atoms with E-state index in [9.17, 15) is 23.2 Å². The van der Waals surface area contributed by atoms with Crippen LogP contribution in [0.5, 0.6) is 0 Å². The molecule has 3 aromatic rings. The van der Waals surface area contributed by atoms with Crippen molar-refractivity contribution >= 4 is 28.4 Å². The van der Waals surface area contributed by atoms with Crippen molar-refractivity contribution in [3.05, 3.63) is 76.1 Å². The third kappa shape index (κ3) is 4.22. The third-order valence-corrected chi connectivity index (χ3v) is 4.80. The van der Waals surface area contributed by atoms with Crippen LogP contribution in [0.1, 0.15) is 24.2 Å². The molecule has 0 fully saturated rings. The smallest absolute Gasteiger partial charge is 0.254 e. The Kier molecular flexibility index (Phi) is 6.25. The lowest BCUT2D eigenvalue weighted by Crippen LogP contribution is -2.33. The topological polar surface area (TPSA) is 71.4 Å². The Bertz CT molecular complexity index is 1170. The number of aromatic nitrogens is 1. The highest BCUT2D eigenvalue weighted by Gasteiger charge is 2.19. The van der Waals surface area contributed by atoms with E-state index in [2.05, 4.69) is 5.32 Å². The van der Waals surface area contributed by atoms with E-state index >= 15 is 0 Å². The van der Waals surface area contributed by atoms with E-state index in [0.717, 1.165) is 18.2 Å². The lowest BCUT2D eigenvalue weighted by atomic mass is 10.1. The number of nitrogens with one attached hydrogen (secondary N) is 1. The van der Waals surface area contributed by atoms with Gasteiger partial charge in [0.1, 0.15) is 18.2 Å². The molecule has 1 aromatic heterocycles. The first kappa shape index (κ1) is 21.2. The fourth-order valence-corrected chi connectivity index (χ4v) is 3.28. The molecule has 0 spiro atoms. The highest BCUT2D eigenvalue weighted by Crippen LogP contribution is 2.19. The second-order valence-corrected chi connectivity index (χ2v) is 6.65. The number of amides is 2. The normalized spacial score (nSPS) is 10.8. The monoisotopic (exact) mass is 413 g/mol. The Labute approximate surface area is 171 Å². The van der Waals surface area contributed by atoms with E-state index in [-0.39, 0.29) is 17.2 Å². The van der Waals surface area contributed by atoms with Crippen LogP contribution in [0.3, 0.4) is 0 Å². The maximum atomic E-state index is 13.8. The molecule has 1 heterocycles. The number of carbonyl (C=O) groups excluding carboxylic acids is 2. The predicted molar refractivity (Wildman–Crippen MR) is 110 cm³/mol. The summed E-state index contributed by atoms with van der Waals surface area (Å²) in [5.41, 5.74) is -0.202. The van der Waals surface area contributed by atoms with Crippen LogP contribution in [0.4, 0.5) is 14.5 Å². The van der Waals surface area contributed by atoms with Crippen LogP contribution in [0, 0.1) is 11.6 Å². The molecule has 1 N–H and O–H groups in total. The molecule has 0 aliphatic carbocycles. The summed E-state index contributed by atoms with van der Waals surface area (Å²) in [7, 11) is 0. The lowest BCUT2D eigenvalue weighted by molar-refractivity contribution is -0.116. The zero-order valence-corrected chi connectivity index (χ0v) is 16.6. The average molecular weight is 413 g/mol. The van der Waals surface area contributed by atoms with Crippen molar-refractivity contribution in [1.82, 2.24) is 9.47 Å². The van der Waals surface area contributed by atoms with E-state index in [1.165, 1.54) is 10.6 Å². The number of carbonyl (C=O) groups is 2. The summed E-state index contributed by atoms with van der Waals surface area (Å²) in [6.45, 7) is 4.26. The van der Waals surface area contributed by atoms with Crippen molar-refractivity contribution in [1.29, 1.82) is 0 Å². The first-order valence-electron chi connectivity index (χ1n) is 9.52. The van der Waals surface area contributed by atoms with Crippen LogP contribution in [0.2, 0.25) is 0 Å². The zero-order valence-electron chi connectivity index (χ0n) is 16.6. The molecule has 0 saturated heterocycles. The lowest BCUT2D eigenvalue weighted by Gasteiger charge is -2.20. The van der Waals surface area contributed by atoms with Crippen molar-refractivity contribution in [2.75, 3.05) is 18.4 Å². The Hall–Kier alpha value is -3.55. The van der Waals surface area contributed by atoms with Gasteiger partial charge in [-0.25, -0.2) is 8.78 Å². The van der Waals surface area contributed by atoms with Crippen molar-refractivity contribution in [2.24, 2.45) is 0 Å². The maximum Gasteiger partial charge on any atom is 0.254 e. The number of nitrogens with zero attached hydrogens (tertiary/aromatic N) is 2. The number of para-hydroxylation sites is 1. The summed E-state index contributed by atoms with van der Waals surface area (Å²) in [6.07, 6.45) is 0. The molecule has 0 unspecified atom stereocenters. The number of hydrogen-bond donors (Lipinski definition) is 1. The minimum Gasteiger partial charge on any atom is -0.339 e. The minimum absolute atomic E-state index is 0.257. The molecule has 0 aliphatic rings. The van der Waals surface area contributed by atoms with Gasteiger partial charge in [-0.1, -0.05) is 18.2 Å². The molecule has 30 heavy (non-hydrogen) atoms. The maximum absolute atomic E-state index is 13.8. The third-order valence-electron chi connectivity index (χ3n) is 4.80. The number of hydrogen-bond acceptors (Lipinski definition) is 3. The van der Waals surface area contributed by atoms with Gasteiger partial charge in [-0.2, -0.15) is 0 Å². The molecular weight excluding hydrogens is 392 g/mol. The van der Waals surface area contributed by atoms with E-state index in [4.69, 9.17) is 0 Å². The van der Waals surface area contributed by atoms with Gasteiger partial charge in [0, 0.05) is 30.6 Å². The summed E-state index contributed by atoms with van der Waals surface area (Å²) < 4.78 is 28.3. The predicted octanol–water partition coefficient (Wildman–Crippen LogP) is 3.40. The number of pyridine rings is 1. The van der Waals surface area contributed by atoms with Gasteiger partial charge in [-0.05, 0) is 32.0 Å². The van der Waals surface area contributed by atoms with Gasteiger partial charge in [-0.15, -0.1) is 0 Å². The summed E-state index contributed by atoms with van der Waals surface area (Å²) >= 11 is 0. The Morgan fingerprint density at radius 2 is 1.73 bits per heavy atom. The highest BCUT2D eigenvalue weighted by molar-refractivity contribution is 6.06. The first-order valence-corrected chi connectivity index (χ1v) is 9.52. The van der Waals surface area contributed by atoms with Gasteiger partial charge < -0.3 is 10.2 Å². The van der Waals surface area contributed by atoms with Crippen molar-refractivity contribution in [3.8, 4) is 0 Å². The van der Waals surface area contributed by atoms with Gasteiger partial charge in [0.25, 0.3) is 11.5 Å². The average Bonchev–Trinajstić information content (AvgIpc) is 2.73. The SMILES string of the molecule is CCN(CC)C(=O)c1cc(=O)n(CC(=O)Nc2cc(F)ccc2F)c2ccccc12. The zero-order chi connectivity index (χ0) is 21.8. The van der Waals surface area contributed by atoms with E-state index in [1.807, 2.05) is 13.8 Å². The highest BCUT2D eigenvalue weighted by atomic mass is 19.1. The molecule has 3 rings (SSSR count). The van der Waals surface area contributed by atoms with Crippen LogP contribution in [-0.4, -0.2) is 34.4 Å². The van der Waals surface area contributed by atoms with Crippen LogP contribution in [0.15, 0.2) is 53.3 Å². The molecule has 8 heteroatoms. The van der Waals surface area contributed by atoms with Gasteiger partial charge in [0.2, 0.25) is 5.91 Å². The fourth-order valence-electron chi connectivity index (χ4n) is 3.28. The molecule has 0 atom stereocenters. The molecule has 6 nitrogen and oxygen atoms in total. The van der Waals surface area contributed by atoms with E-state index in [0.29, 0.717) is 24.0 Å². The van der Waals surface area contributed by atoms with Crippen molar-refractivity contribution in [3.63, 3.8) is 0 Å². The molecule has 0 aliphatic heterocycles. The molecular formula is C22H21F2N3O3. The van der Waals surface area contributed by atoms with Crippen LogP contribution < -0.4 is 10.9 Å². The second-order valence-electron chi connectivity index (χ2n) is 6.65. The number of rotatable bonds is 6. The standard InChI is InChI=1S/C22H21F2N3O3/c1-3-26(4-2)22(30)16-12-21(29)27(19-8-6-5-7-15(16)19)13-20(28)25-18-11-14(23)9-10-17(18)24/h5-12H,3-4,13H2,1-2H3,(H,25,28). The number of halogens is 2. The molecule has 0 radical (unpaired) electrons. The van der Waals surface area contributed by atoms with Gasteiger partial charge in [0.15, 0.2) is 0 Å². The largest absolute Gasteiger partial charge is 0.339 e. The molecule has 2 amide bonds. The van der Waals surface area contributed by atoms with Gasteiger partial charge in [0.05, 0.1) is 16.8 Å².